The SMILES string of the molecule is Nc1ncnn2c(-c3cccc(C4(C(=O)NC5CC5)CC4)c3)cc(-c3ccnn3C3CCOCC3)c12. The van der Waals surface area contributed by atoms with Crippen molar-refractivity contribution < 1.29 is 9.53 Å². The summed E-state index contributed by atoms with van der Waals surface area (Å²) in [5.41, 5.74) is 11.7. The molecular formula is C27H29N7O2. The van der Waals surface area contributed by atoms with Gasteiger partial charge in [-0.25, -0.2) is 9.50 Å². The first-order valence-corrected chi connectivity index (χ1v) is 12.8. The van der Waals surface area contributed by atoms with Crippen LogP contribution in [0.15, 0.2) is 48.9 Å². The summed E-state index contributed by atoms with van der Waals surface area (Å²) in [7, 11) is 0. The van der Waals surface area contributed by atoms with Crippen molar-refractivity contribution in [1.29, 1.82) is 0 Å². The molecule has 3 aliphatic rings. The van der Waals surface area contributed by atoms with E-state index in [4.69, 9.17) is 10.5 Å². The van der Waals surface area contributed by atoms with Gasteiger partial charge in [-0.1, -0.05) is 18.2 Å². The summed E-state index contributed by atoms with van der Waals surface area (Å²) < 4.78 is 9.52. The van der Waals surface area contributed by atoms with E-state index in [1.807, 2.05) is 22.8 Å². The van der Waals surface area contributed by atoms with E-state index in [9.17, 15) is 4.79 Å². The molecule has 3 fully saturated rings. The van der Waals surface area contributed by atoms with E-state index >= 15 is 0 Å². The second-order valence-corrected chi connectivity index (χ2v) is 10.3. The van der Waals surface area contributed by atoms with Gasteiger partial charge in [-0.05, 0) is 62.3 Å². The van der Waals surface area contributed by atoms with Crippen molar-refractivity contribution in [1.82, 2.24) is 29.7 Å². The zero-order valence-electron chi connectivity index (χ0n) is 20.1. The quantitative estimate of drug-likeness (QED) is 0.434. The van der Waals surface area contributed by atoms with Gasteiger partial charge in [0.2, 0.25) is 5.91 Å². The average molecular weight is 484 g/mol. The third kappa shape index (κ3) is 3.49. The molecule has 9 nitrogen and oxygen atoms in total. The fourth-order valence-corrected chi connectivity index (χ4v) is 5.52. The van der Waals surface area contributed by atoms with Crippen molar-refractivity contribution in [3.05, 3.63) is 54.5 Å². The second kappa shape index (κ2) is 8.16. The minimum atomic E-state index is -0.413. The lowest BCUT2D eigenvalue weighted by molar-refractivity contribution is -0.123. The summed E-state index contributed by atoms with van der Waals surface area (Å²) in [5.74, 6) is 0.583. The molecule has 3 N–H and O–H groups in total. The number of nitrogens with two attached hydrogens (primary N) is 1. The molecule has 0 atom stereocenters. The maximum atomic E-state index is 13.1. The fraction of sp³-hybridized carbons (Fsp3) is 0.407. The normalized spacial score (nSPS) is 19.4. The number of nitrogens with zero attached hydrogens (tertiary/aromatic N) is 5. The summed E-state index contributed by atoms with van der Waals surface area (Å²) in [4.78, 5) is 17.4. The molecule has 3 aromatic heterocycles. The molecule has 4 aromatic rings. The molecular weight excluding hydrogens is 454 g/mol. The third-order valence-corrected chi connectivity index (χ3v) is 7.87. The Hall–Kier alpha value is -3.72. The first-order valence-electron chi connectivity index (χ1n) is 12.8. The number of nitrogen functional groups attached to an aromatic ring is 1. The molecule has 1 aliphatic heterocycles. The predicted molar refractivity (Wildman–Crippen MR) is 135 cm³/mol. The van der Waals surface area contributed by atoms with Crippen molar-refractivity contribution in [3.63, 3.8) is 0 Å². The van der Waals surface area contributed by atoms with Crippen molar-refractivity contribution in [3.8, 4) is 22.5 Å². The van der Waals surface area contributed by atoms with Crippen molar-refractivity contribution >= 4 is 17.2 Å². The topological polar surface area (TPSA) is 112 Å². The lowest BCUT2D eigenvalue weighted by Crippen LogP contribution is -2.36. The van der Waals surface area contributed by atoms with Gasteiger partial charge in [0, 0.05) is 36.6 Å². The van der Waals surface area contributed by atoms with Gasteiger partial charge in [0.05, 0.1) is 22.8 Å². The molecule has 1 saturated heterocycles. The average Bonchev–Trinajstić information content (AvgIpc) is 3.81. The number of carbonyl (C=O) groups excluding carboxylic acids is 1. The van der Waals surface area contributed by atoms with E-state index in [1.165, 1.54) is 6.33 Å². The van der Waals surface area contributed by atoms with Gasteiger partial charge in [0.25, 0.3) is 0 Å². The summed E-state index contributed by atoms with van der Waals surface area (Å²) >= 11 is 0. The number of rotatable bonds is 6. The standard InChI is InChI=1S/C27H29N7O2/c28-25-24-21(22-6-11-30-33(22)20-7-12-36-13-8-20)15-23(34(24)31-16-29-25)17-2-1-3-18(14-17)27(9-10-27)26(35)32-19-4-5-19/h1-3,6,11,14-16,19-20H,4-5,7-10,12-13H2,(H,32,35)(H2,28,29,31). The van der Waals surface area contributed by atoms with Crippen LogP contribution < -0.4 is 11.1 Å². The summed E-state index contributed by atoms with van der Waals surface area (Å²) in [6.45, 7) is 1.47. The van der Waals surface area contributed by atoms with Crippen LogP contribution in [-0.2, 0) is 14.9 Å². The van der Waals surface area contributed by atoms with E-state index in [2.05, 4.69) is 49.4 Å². The predicted octanol–water partition coefficient (Wildman–Crippen LogP) is 3.50. The number of fused-ring (bicyclic) bond motifs is 1. The molecule has 1 aromatic carbocycles. The Kier molecular flexibility index (Phi) is 4.89. The first kappa shape index (κ1) is 21.6. The highest BCUT2D eigenvalue weighted by Crippen LogP contribution is 2.50. The molecule has 184 valence electrons. The van der Waals surface area contributed by atoms with Crippen molar-refractivity contribution in [2.24, 2.45) is 0 Å². The Balaban J connectivity index is 1.33. The Morgan fingerprint density at radius 3 is 2.67 bits per heavy atom. The van der Waals surface area contributed by atoms with Crippen LogP contribution in [0.3, 0.4) is 0 Å². The van der Waals surface area contributed by atoms with Crippen molar-refractivity contribution in [2.75, 3.05) is 18.9 Å². The Morgan fingerprint density at radius 1 is 1.06 bits per heavy atom. The van der Waals surface area contributed by atoms with Gasteiger partial charge in [-0.2, -0.15) is 10.2 Å². The number of carbonyl (C=O) groups is 1. The van der Waals surface area contributed by atoms with Gasteiger partial charge in [0.1, 0.15) is 11.8 Å². The van der Waals surface area contributed by atoms with Gasteiger partial charge >= 0.3 is 0 Å². The highest BCUT2D eigenvalue weighted by molar-refractivity contribution is 5.93. The molecule has 7 rings (SSSR count). The van der Waals surface area contributed by atoms with Crippen LogP contribution >= 0.6 is 0 Å². The van der Waals surface area contributed by atoms with Crippen LogP contribution in [0.25, 0.3) is 28.0 Å². The maximum absolute atomic E-state index is 13.1. The lowest BCUT2D eigenvalue weighted by Gasteiger charge is -2.24. The van der Waals surface area contributed by atoms with Crippen LogP contribution in [0.1, 0.15) is 50.1 Å². The summed E-state index contributed by atoms with van der Waals surface area (Å²) in [6, 6.07) is 13.1. The molecule has 2 saturated carbocycles. The number of hydrogen-bond donors (Lipinski definition) is 2. The zero-order chi connectivity index (χ0) is 24.3. The number of nitrogens with one attached hydrogen (secondary N) is 1. The zero-order valence-corrected chi connectivity index (χ0v) is 20.1. The van der Waals surface area contributed by atoms with Crippen LogP contribution in [0.5, 0.6) is 0 Å². The molecule has 0 radical (unpaired) electrons. The van der Waals surface area contributed by atoms with Crippen LogP contribution in [0.4, 0.5) is 5.82 Å². The largest absolute Gasteiger partial charge is 0.382 e. The van der Waals surface area contributed by atoms with E-state index < -0.39 is 5.41 Å². The highest BCUT2D eigenvalue weighted by Gasteiger charge is 2.52. The molecule has 9 heteroatoms. The fourth-order valence-electron chi connectivity index (χ4n) is 5.52. The first-order chi connectivity index (χ1) is 17.6. The van der Waals surface area contributed by atoms with E-state index in [0.717, 1.165) is 85.3 Å². The van der Waals surface area contributed by atoms with Crippen LogP contribution in [0, 0.1) is 0 Å². The van der Waals surface area contributed by atoms with Crippen LogP contribution in [0.2, 0.25) is 0 Å². The van der Waals surface area contributed by atoms with Crippen molar-refractivity contribution in [2.45, 2.75) is 56.0 Å². The number of hydrogen-bond acceptors (Lipinski definition) is 6. The summed E-state index contributed by atoms with van der Waals surface area (Å²) in [5, 5.41) is 12.5. The number of benzene rings is 1. The van der Waals surface area contributed by atoms with Gasteiger partial charge in [0.15, 0.2) is 5.82 Å². The minimum absolute atomic E-state index is 0.162. The smallest absolute Gasteiger partial charge is 0.230 e. The Morgan fingerprint density at radius 2 is 1.89 bits per heavy atom. The molecule has 4 heterocycles. The molecule has 0 bridgehead atoms. The Bertz CT molecular complexity index is 1460. The third-order valence-electron chi connectivity index (χ3n) is 7.87. The van der Waals surface area contributed by atoms with E-state index in [-0.39, 0.29) is 11.9 Å². The second-order valence-electron chi connectivity index (χ2n) is 10.3. The molecule has 1 amide bonds. The number of amides is 1. The van der Waals surface area contributed by atoms with E-state index in [1.54, 1.807) is 0 Å². The van der Waals surface area contributed by atoms with Crippen LogP contribution in [-0.4, -0.2) is 49.5 Å². The maximum Gasteiger partial charge on any atom is 0.230 e. The monoisotopic (exact) mass is 483 g/mol. The molecule has 0 unspecified atom stereocenters. The number of ether oxygens (including phenoxy) is 1. The number of anilines is 1. The lowest BCUT2D eigenvalue weighted by atomic mass is 9.92. The van der Waals surface area contributed by atoms with Gasteiger partial charge < -0.3 is 15.8 Å². The summed E-state index contributed by atoms with van der Waals surface area (Å²) in [6.07, 6.45) is 9.12. The number of aromatic nitrogens is 5. The molecule has 36 heavy (non-hydrogen) atoms. The molecule has 2 aliphatic carbocycles. The molecule has 0 spiro atoms. The van der Waals surface area contributed by atoms with Gasteiger partial charge in [-0.15, -0.1) is 0 Å². The highest BCUT2D eigenvalue weighted by atomic mass is 16.5. The Labute approximate surface area is 208 Å². The minimum Gasteiger partial charge on any atom is -0.382 e. The van der Waals surface area contributed by atoms with Gasteiger partial charge in [-0.3, -0.25) is 9.48 Å². The van der Waals surface area contributed by atoms with E-state index in [0.29, 0.717) is 11.9 Å².